The lowest BCUT2D eigenvalue weighted by Crippen LogP contribution is -2.27. The minimum atomic E-state index is -4.30. The van der Waals surface area contributed by atoms with Crippen molar-refractivity contribution in [3.05, 3.63) is 29.8 Å². The molecular formula is C12H14F3NOS. The Morgan fingerprint density at radius 2 is 1.83 bits per heavy atom. The Labute approximate surface area is 108 Å². The zero-order valence-corrected chi connectivity index (χ0v) is 10.9. The van der Waals surface area contributed by atoms with Crippen molar-refractivity contribution in [3.8, 4) is 0 Å². The summed E-state index contributed by atoms with van der Waals surface area (Å²) in [6.07, 6.45) is 0. The fraction of sp³-hybridized carbons (Fsp3) is 0.417. The Hall–Kier alpha value is -1.17. The zero-order valence-electron chi connectivity index (χ0n) is 10.0. The van der Waals surface area contributed by atoms with E-state index in [1.165, 1.54) is 24.3 Å². The number of nitrogens with one attached hydrogen (secondary N) is 1. The van der Waals surface area contributed by atoms with E-state index in [4.69, 9.17) is 0 Å². The molecule has 0 bridgehead atoms. The average molecular weight is 277 g/mol. The van der Waals surface area contributed by atoms with Crippen LogP contribution < -0.4 is 5.32 Å². The lowest BCUT2D eigenvalue weighted by molar-refractivity contribution is -0.0328. The van der Waals surface area contributed by atoms with Gasteiger partial charge in [-0.15, -0.1) is 0 Å². The van der Waals surface area contributed by atoms with Crippen molar-refractivity contribution >= 4 is 17.7 Å². The minimum absolute atomic E-state index is 0.0721. The molecule has 0 fully saturated rings. The van der Waals surface area contributed by atoms with Gasteiger partial charge in [-0.3, -0.25) is 4.79 Å². The Morgan fingerprint density at radius 1 is 1.28 bits per heavy atom. The van der Waals surface area contributed by atoms with Crippen LogP contribution in [0.25, 0.3) is 0 Å². The largest absolute Gasteiger partial charge is 0.446 e. The molecule has 0 unspecified atom stereocenters. The fourth-order valence-electron chi connectivity index (χ4n) is 1.21. The number of alkyl halides is 3. The molecule has 2 nitrogen and oxygen atoms in total. The van der Waals surface area contributed by atoms with Crippen molar-refractivity contribution < 1.29 is 18.0 Å². The average Bonchev–Trinajstić information content (AvgIpc) is 2.24. The molecule has 1 N–H and O–H groups in total. The number of rotatable bonds is 4. The predicted molar refractivity (Wildman–Crippen MR) is 65.5 cm³/mol. The van der Waals surface area contributed by atoms with Crippen molar-refractivity contribution in [3.63, 3.8) is 0 Å². The van der Waals surface area contributed by atoms with E-state index < -0.39 is 5.51 Å². The highest BCUT2D eigenvalue weighted by molar-refractivity contribution is 8.00. The lowest BCUT2D eigenvalue weighted by Gasteiger charge is -2.08. The highest BCUT2D eigenvalue weighted by Gasteiger charge is 2.29. The molecule has 18 heavy (non-hydrogen) atoms. The van der Waals surface area contributed by atoms with E-state index in [0.29, 0.717) is 18.0 Å². The topological polar surface area (TPSA) is 29.1 Å². The molecular weight excluding hydrogens is 263 g/mol. The molecule has 1 aromatic carbocycles. The summed E-state index contributed by atoms with van der Waals surface area (Å²) in [6.45, 7) is 4.46. The quantitative estimate of drug-likeness (QED) is 0.850. The first kappa shape index (κ1) is 14.9. The van der Waals surface area contributed by atoms with Crippen molar-refractivity contribution in [1.82, 2.24) is 5.32 Å². The van der Waals surface area contributed by atoms with E-state index in [-0.39, 0.29) is 22.6 Å². The van der Waals surface area contributed by atoms with Crippen molar-refractivity contribution in [2.75, 3.05) is 6.54 Å². The van der Waals surface area contributed by atoms with E-state index in [9.17, 15) is 18.0 Å². The van der Waals surface area contributed by atoms with Gasteiger partial charge in [0.2, 0.25) is 0 Å². The molecule has 0 saturated heterocycles. The van der Waals surface area contributed by atoms with Crippen LogP contribution in [0.3, 0.4) is 0 Å². The predicted octanol–water partition coefficient (Wildman–Crippen LogP) is 3.68. The number of thioether (sulfide) groups is 1. The third-order valence-corrected chi connectivity index (χ3v) is 2.76. The Bertz CT molecular complexity index is 401. The maximum atomic E-state index is 12.1. The molecule has 1 amide bonds. The molecule has 1 rings (SSSR count). The monoisotopic (exact) mass is 277 g/mol. The van der Waals surface area contributed by atoms with Crippen molar-refractivity contribution in [2.45, 2.75) is 24.3 Å². The van der Waals surface area contributed by atoms with E-state index >= 15 is 0 Å². The number of hydrogen-bond acceptors (Lipinski definition) is 2. The Kier molecular flexibility index (Phi) is 5.07. The van der Waals surface area contributed by atoms with E-state index in [2.05, 4.69) is 5.32 Å². The molecule has 0 aliphatic heterocycles. The van der Waals surface area contributed by atoms with Crippen molar-refractivity contribution in [1.29, 1.82) is 0 Å². The standard InChI is InChI=1S/C12H14F3NOS/c1-8(2)7-16-11(17)9-3-5-10(6-4-9)18-12(13,14)15/h3-6,8H,7H2,1-2H3,(H,16,17). The zero-order chi connectivity index (χ0) is 13.8. The summed E-state index contributed by atoms with van der Waals surface area (Å²) < 4.78 is 36.3. The Balaban J connectivity index is 2.62. The van der Waals surface area contributed by atoms with Gasteiger partial charge >= 0.3 is 5.51 Å². The van der Waals surface area contributed by atoms with E-state index in [0.717, 1.165) is 0 Å². The highest BCUT2D eigenvalue weighted by Crippen LogP contribution is 2.36. The SMILES string of the molecule is CC(C)CNC(=O)c1ccc(SC(F)(F)F)cc1. The van der Waals surface area contributed by atoms with Gasteiger partial charge in [-0.25, -0.2) is 0 Å². The maximum absolute atomic E-state index is 12.1. The number of hydrogen-bond donors (Lipinski definition) is 1. The Morgan fingerprint density at radius 3 is 2.28 bits per heavy atom. The molecule has 0 radical (unpaired) electrons. The van der Waals surface area contributed by atoms with Crippen LogP contribution >= 0.6 is 11.8 Å². The molecule has 1 aromatic rings. The number of halogens is 3. The van der Waals surface area contributed by atoms with Crippen LogP contribution in [0.2, 0.25) is 0 Å². The van der Waals surface area contributed by atoms with Crippen LogP contribution in [-0.4, -0.2) is 18.0 Å². The summed E-state index contributed by atoms with van der Waals surface area (Å²) in [5.41, 5.74) is -3.94. The first-order valence-electron chi connectivity index (χ1n) is 5.42. The number of carbonyl (C=O) groups excluding carboxylic acids is 1. The molecule has 0 aromatic heterocycles. The van der Waals surface area contributed by atoms with Crippen LogP contribution in [0, 0.1) is 5.92 Å². The van der Waals surface area contributed by atoms with Crippen LogP contribution in [-0.2, 0) is 0 Å². The van der Waals surface area contributed by atoms with Crippen LogP contribution in [0.1, 0.15) is 24.2 Å². The summed E-state index contributed by atoms with van der Waals surface area (Å²) in [6, 6.07) is 5.37. The van der Waals surface area contributed by atoms with Gasteiger partial charge in [0.1, 0.15) is 0 Å². The summed E-state index contributed by atoms with van der Waals surface area (Å²) in [7, 11) is 0. The summed E-state index contributed by atoms with van der Waals surface area (Å²) in [4.78, 5) is 11.7. The summed E-state index contributed by atoms with van der Waals surface area (Å²) in [5.74, 6) is 0.0567. The highest BCUT2D eigenvalue weighted by atomic mass is 32.2. The number of carbonyl (C=O) groups is 1. The van der Waals surface area contributed by atoms with Gasteiger partial charge in [0, 0.05) is 17.0 Å². The molecule has 0 aliphatic carbocycles. The van der Waals surface area contributed by atoms with Gasteiger partial charge in [0.05, 0.1) is 0 Å². The minimum Gasteiger partial charge on any atom is -0.352 e. The van der Waals surface area contributed by atoms with E-state index in [1.807, 2.05) is 13.8 Å². The molecule has 100 valence electrons. The van der Waals surface area contributed by atoms with Crippen molar-refractivity contribution in [2.24, 2.45) is 5.92 Å². The second-order valence-electron chi connectivity index (χ2n) is 4.18. The van der Waals surface area contributed by atoms with Gasteiger partial charge in [-0.2, -0.15) is 13.2 Å². The molecule has 6 heteroatoms. The summed E-state index contributed by atoms with van der Waals surface area (Å²) in [5, 5.41) is 2.70. The van der Waals surface area contributed by atoms with Gasteiger partial charge in [0.15, 0.2) is 0 Å². The molecule has 0 atom stereocenters. The maximum Gasteiger partial charge on any atom is 0.446 e. The molecule has 0 spiro atoms. The van der Waals surface area contributed by atoms with Gasteiger partial charge in [-0.1, -0.05) is 13.8 Å². The first-order valence-corrected chi connectivity index (χ1v) is 6.23. The van der Waals surface area contributed by atoms with Gasteiger partial charge < -0.3 is 5.32 Å². The first-order chi connectivity index (χ1) is 8.28. The second kappa shape index (κ2) is 6.13. The van der Waals surface area contributed by atoms with E-state index in [1.54, 1.807) is 0 Å². The van der Waals surface area contributed by atoms with Gasteiger partial charge in [-0.05, 0) is 41.9 Å². The van der Waals surface area contributed by atoms with Crippen LogP contribution in [0.4, 0.5) is 13.2 Å². The normalized spacial score (nSPS) is 11.7. The van der Waals surface area contributed by atoms with Crippen LogP contribution in [0.5, 0.6) is 0 Å². The molecule has 0 aliphatic rings. The third kappa shape index (κ3) is 5.44. The van der Waals surface area contributed by atoms with Gasteiger partial charge in [0.25, 0.3) is 5.91 Å². The molecule has 0 heterocycles. The fourth-order valence-corrected chi connectivity index (χ4v) is 1.75. The summed E-state index contributed by atoms with van der Waals surface area (Å²) >= 11 is -0.192. The number of benzene rings is 1. The third-order valence-electron chi connectivity index (χ3n) is 2.02. The second-order valence-corrected chi connectivity index (χ2v) is 5.31. The smallest absolute Gasteiger partial charge is 0.352 e. The number of amides is 1. The molecule has 0 saturated carbocycles. The van der Waals surface area contributed by atoms with Crippen LogP contribution in [0.15, 0.2) is 29.2 Å². The lowest BCUT2D eigenvalue weighted by atomic mass is 10.2.